The molecule has 0 fully saturated rings. The molecule has 2 nitrogen and oxygen atoms in total. The van der Waals surface area contributed by atoms with Crippen molar-refractivity contribution in [3.63, 3.8) is 0 Å². The molecule has 3 unspecified atom stereocenters. The molecule has 26 heavy (non-hydrogen) atoms. The first-order chi connectivity index (χ1) is 12.8. The molecule has 0 spiro atoms. The van der Waals surface area contributed by atoms with Crippen molar-refractivity contribution in [1.82, 2.24) is 0 Å². The molecule has 0 saturated carbocycles. The van der Waals surface area contributed by atoms with Crippen LogP contribution in [0.5, 0.6) is 0 Å². The van der Waals surface area contributed by atoms with Crippen LogP contribution in [0.25, 0.3) is 0 Å². The smallest absolute Gasteiger partial charge is 0.115 e. The third kappa shape index (κ3) is 1.99. The Kier molecular flexibility index (Phi) is 3.39. The molecule has 128 valence electrons. The second-order valence-corrected chi connectivity index (χ2v) is 7.16. The fourth-order valence-electron chi connectivity index (χ4n) is 4.69. The molecular formula is C24H22N2. The molecule has 3 atom stereocenters. The molecule has 2 heterocycles. The average Bonchev–Trinajstić information content (AvgIpc) is 3.05. The van der Waals surface area contributed by atoms with E-state index in [9.17, 15) is 0 Å². The lowest BCUT2D eigenvalue weighted by atomic mass is 9.80. The summed E-state index contributed by atoms with van der Waals surface area (Å²) in [5, 5.41) is 0. The maximum atomic E-state index is 4.16. The summed E-state index contributed by atoms with van der Waals surface area (Å²) in [6.07, 6.45) is 2.36. The van der Waals surface area contributed by atoms with Crippen LogP contribution in [0, 0.1) is 5.92 Å². The van der Waals surface area contributed by atoms with Crippen molar-refractivity contribution in [3.8, 4) is 0 Å². The van der Waals surface area contributed by atoms with Gasteiger partial charge < -0.3 is 9.80 Å². The number of benzene rings is 3. The third-order valence-corrected chi connectivity index (χ3v) is 5.81. The minimum Gasteiger partial charge on any atom is -0.318 e. The van der Waals surface area contributed by atoms with Crippen LogP contribution in [0.15, 0.2) is 91.5 Å². The number of hydrogen-bond acceptors (Lipinski definition) is 2. The van der Waals surface area contributed by atoms with Gasteiger partial charge in [0.15, 0.2) is 0 Å². The van der Waals surface area contributed by atoms with Crippen molar-refractivity contribution in [2.75, 3.05) is 9.80 Å². The van der Waals surface area contributed by atoms with Gasteiger partial charge >= 0.3 is 0 Å². The Labute approximate surface area is 155 Å². The molecule has 3 aromatic rings. The predicted octanol–water partition coefficient (Wildman–Crippen LogP) is 6.22. The minimum atomic E-state index is 0.243. The quantitative estimate of drug-likeness (QED) is 0.512. The van der Waals surface area contributed by atoms with Gasteiger partial charge in [0.05, 0.1) is 11.4 Å². The van der Waals surface area contributed by atoms with E-state index in [0.29, 0.717) is 11.8 Å². The number of fused-ring (bicyclic) bond motifs is 5. The molecular weight excluding hydrogens is 316 g/mol. The van der Waals surface area contributed by atoms with E-state index in [0.717, 1.165) is 0 Å². The lowest BCUT2D eigenvalue weighted by Crippen LogP contribution is -2.48. The number of nitrogens with zero attached hydrogens (tertiary/aromatic N) is 2. The number of hydrogen-bond donors (Lipinski definition) is 0. The highest BCUT2D eigenvalue weighted by Gasteiger charge is 2.46. The van der Waals surface area contributed by atoms with Crippen LogP contribution >= 0.6 is 0 Å². The highest BCUT2D eigenvalue weighted by atomic mass is 15.4. The number of allylic oxidation sites excluding steroid dienone is 1. The number of para-hydroxylation sites is 4. The van der Waals surface area contributed by atoms with Gasteiger partial charge in [-0.3, -0.25) is 0 Å². The Hall–Kier alpha value is -3.00. The SMILES string of the molecule is C=CC1c2ccccc2N2c3ccccc3N(c3ccccc3)C2C1C. The topological polar surface area (TPSA) is 6.48 Å². The second kappa shape index (κ2) is 5.77. The normalized spacial score (nSPS) is 23.2. The van der Waals surface area contributed by atoms with Crippen LogP contribution in [0.3, 0.4) is 0 Å². The van der Waals surface area contributed by atoms with Crippen molar-refractivity contribution < 1.29 is 0 Å². The monoisotopic (exact) mass is 338 g/mol. The van der Waals surface area contributed by atoms with Gasteiger partial charge in [-0.15, -0.1) is 6.58 Å². The van der Waals surface area contributed by atoms with Gasteiger partial charge in [-0.05, 0) is 35.9 Å². The van der Waals surface area contributed by atoms with Crippen LogP contribution in [0.1, 0.15) is 18.4 Å². The third-order valence-electron chi connectivity index (χ3n) is 5.81. The van der Waals surface area contributed by atoms with E-state index >= 15 is 0 Å². The lowest BCUT2D eigenvalue weighted by Gasteiger charge is -2.45. The van der Waals surface area contributed by atoms with E-state index in [4.69, 9.17) is 0 Å². The maximum Gasteiger partial charge on any atom is 0.115 e. The molecule has 2 aliphatic heterocycles. The van der Waals surface area contributed by atoms with Crippen molar-refractivity contribution in [1.29, 1.82) is 0 Å². The van der Waals surface area contributed by atoms with Gasteiger partial charge in [-0.25, -0.2) is 0 Å². The first-order valence-electron chi connectivity index (χ1n) is 9.25. The summed E-state index contributed by atoms with van der Waals surface area (Å²) in [6, 6.07) is 28.2. The Balaban J connectivity index is 1.78. The molecule has 0 aromatic heterocycles. The minimum absolute atomic E-state index is 0.243. The first kappa shape index (κ1) is 15.3. The molecule has 0 amide bonds. The van der Waals surface area contributed by atoms with Gasteiger partial charge in [0.2, 0.25) is 0 Å². The summed E-state index contributed by atoms with van der Waals surface area (Å²) in [5.41, 5.74) is 6.46. The summed E-state index contributed by atoms with van der Waals surface area (Å²) < 4.78 is 0. The van der Waals surface area contributed by atoms with Gasteiger partial charge in [-0.2, -0.15) is 0 Å². The van der Waals surface area contributed by atoms with Crippen molar-refractivity contribution in [3.05, 3.63) is 97.1 Å². The van der Waals surface area contributed by atoms with E-state index in [1.807, 2.05) is 0 Å². The fraction of sp³-hybridized carbons (Fsp3) is 0.167. The average molecular weight is 338 g/mol. The summed E-state index contributed by atoms with van der Waals surface area (Å²) in [4.78, 5) is 5.01. The van der Waals surface area contributed by atoms with Crippen molar-refractivity contribution in [2.45, 2.75) is 19.0 Å². The molecule has 0 aliphatic carbocycles. The summed E-state index contributed by atoms with van der Waals surface area (Å²) in [6.45, 7) is 6.51. The Morgan fingerprint density at radius 3 is 2.00 bits per heavy atom. The van der Waals surface area contributed by atoms with Gasteiger partial charge in [0.25, 0.3) is 0 Å². The van der Waals surface area contributed by atoms with Crippen LogP contribution in [-0.4, -0.2) is 6.17 Å². The summed E-state index contributed by atoms with van der Waals surface area (Å²) in [5.74, 6) is 0.753. The van der Waals surface area contributed by atoms with Crippen LogP contribution in [-0.2, 0) is 0 Å². The van der Waals surface area contributed by atoms with Gasteiger partial charge in [-0.1, -0.05) is 61.5 Å². The molecule has 5 rings (SSSR count). The second-order valence-electron chi connectivity index (χ2n) is 7.16. The molecule has 0 radical (unpaired) electrons. The van der Waals surface area contributed by atoms with Crippen molar-refractivity contribution in [2.24, 2.45) is 5.92 Å². The highest BCUT2D eigenvalue weighted by Crippen LogP contribution is 2.55. The van der Waals surface area contributed by atoms with Crippen molar-refractivity contribution >= 4 is 22.7 Å². The van der Waals surface area contributed by atoms with Gasteiger partial charge in [0.1, 0.15) is 6.17 Å². The first-order valence-corrected chi connectivity index (χ1v) is 9.25. The van der Waals surface area contributed by atoms with E-state index in [-0.39, 0.29) is 6.17 Å². The molecule has 2 aliphatic rings. The molecule has 0 N–H and O–H groups in total. The van der Waals surface area contributed by atoms with E-state index < -0.39 is 0 Å². The van der Waals surface area contributed by atoms with Crippen LogP contribution in [0.4, 0.5) is 22.7 Å². The zero-order valence-corrected chi connectivity index (χ0v) is 14.9. The molecule has 2 heteroatoms. The largest absolute Gasteiger partial charge is 0.318 e. The van der Waals surface area contributed by atoms with E-state index in [2.05, 4.69) is 108 Å². The maximum absolute atomic E-state index is 4.16. The molecule has 3 aromatic carbocycles. The zero-order chi connectivity index (χ0) is 17.7. The van der Waals surface area contributed by atoms with Crippen LogP contribution < -0.4 is 9.80 Å². The highest BCUT2D eigenvalue weighted by molar-refractivity contribution is 5.90. The Morgan fingerprint density at radius 2 is 1.31 bits per heavy atom. The summed E-state index contributed by atoms with van der Waals surface area (Å²) >= 11 is 0. The zero-order valence-electron chi connectivity index (χ0n) is 14.9. The Morgan fingerprint density at radius 1 is 0.731 bits per heavy atom. The lowest BCUT2D eigenvalue weighted by molar-refractivity contribution is 0.410. The summed E-state index contributed by atoms with van der Waals surface area (Å²) in [7, 11) is 0. The molecule has 0 saturated heterocycles. The number of rotatable bonds is 2. The standard InChI is InChI=1S/C24H22N2/c1-3-19-17(2)24-25(18-11-5-4-6-12-18)22-15-9-10-16-23(22)26(24)21-14-8-7-13-20(19)21/h3-17,19,24H,1H2,2H3. The van der Waals surface area contributed by atoms with E-state index in [1.54, 1.807) is 0 Å². The number of anilines is 4. The van der Waals surface area contributed by atoms with Gasteiger partial charge in [0, 0.05) is 23.2 Å². The van der Waals surface area contributed by atoms with Crippen LogP contribution in [0.2, 0.25) is 0 Å². The predicted molar refractivity (Wildman–Crippen MR) is 109 cm³/mol. The molecule has 0 bridgehead atoms. The fourth-order valence-corrected chi connectivity index (χ4v) is 4.69. The Bertz CT molecular complexity index is 963. The van der Waals surface area contributed by atoms with E-state index in [1.165, 1.54) is 28.3 Å².